The zero-order chi connectivity index (χ0) is 39.5. The second kappa shape index (κ2) is 14.8. The van der Waals surface area contributed by atoms with E-state index in [-0.39, 0.29) is 35.8 Å². The Morgan fingerprint density at radius 2 is 1.67 bits per heavy atom. The summed E-state index contributed by atoms with van der Waals surface area (Å²) >= 11 is 0. The van der Waals surface area contributed by atoms with Gasteiger partial charge in [0.2, 0.25) is 11.8 Å². The third-order valence-corrected chi connectivity index (χ3v) is 14.0. The van der Waals surface area contributed by atoms with Gasteiger partial charge in [0.1, 0.15) is 24.1 Å². The van der Waals surface area contributed by atoms with Gasteiger partial charge in [-0.05, 0) is 96.7 Å². The number of hydrogen-bond donors (Lipinski definition) is 2. The number of phenolic OH excluding ortho intramolecular Hbond substituents is 1. The Balaban J connectivity index is 0.785. The number of anilines is 2. The quantitative estimate of drug-likeness (QED) is 0.232. The number of fused-ring (bicyclic) bond motifs is 6. The van der Waals surface area contributed by atoms with Crippen LogP contribution in [0.25, 0.3) is 0 Å². The molecule has 6 aliphatic rings. The maximum absolute atomic E-state index is 13.4. The number of nitrogens with one attached hydrogen (secondary N) is 1. The van der Waals surface area contributed by atoms with Gasteiger partial charge in [-0.15, -0.1) is 0 Å². The van der Waals surface area contributed by atoms with Gasteiger partial charge in [-0.1, -0.05) is 48.5 Å². The van der Waals surface area contributed by atoms with Crippen LogP contribution in [0.2, 0.25) is 0 Å². The second-order valence-electron chi connectivity index (χ2n) is 17.1. The molecule has 10 rings (SSSR count). The zero-order valence-corrected chi connectivity index (χ0v) is 33.1. The summed E-state index contributed by atoms with van der Waals surface area (Å²) in [4.78, 5) is 46.8. The number of phenols is 1. The van der Waals surface area contributed by atoms with Gasteiger partial charge in [-0.25, -0.2) is 0 Å². The first-order valence-electron chi connectivity index (χ1n) is 21.0. The van der Waals surface area contributed by atoms with Crippen molar-refractivity contribution in [1.82, 2.24) is 15.1 Å². The number of aromatic hydroxyl groups is 1. The van der Waals surface area contributed by atoms with E-state index in [4.69, 9.17) is 9.47 Å². The van der Waals surface area contributed by atoms with Crippen molar-refractivity contribution in [1.29, 1.82) is 0 Å². The molecule has 4 aromatic rings. The van der Waals surface area contributed by atoms with Gasteiger partial charge in [-0.2, -0.15) is 0 Å². The zero-order valence-electron chi connectivity index (χ0n) is 33.1. The topological polar surface area (TPSA) is 115 Å². The normalized spacial score (nSPS) is 25.3. The maximum atomic E-state index is 13.4. The molecule has 5 heterocycles. The van der Waals surface area contributed by atoms with Gasteiger partial charge in [0.25, 0.3) is 5.91 Å². The van der Waals surface area contributed by atoms with E-state index in [1.54, 1.807) is 4.90 Å². The third kappa shape index (κ3) is 6.48. The highest BCUT2D eigenvalue weighted by atomic mass is 16.5. The average Bonchev–Trinajstić information content (AvgIpc) is 3.59. The molecule has 0 aromatic heterocycles. The fraction of sp³-hybridized carbons (Fsp3) is 0.426. The van der Waals surface area contributed by atoms with Gasteiger partial charge in [0.05, 0.1) is 23.9 Å². The number of imide groups is 1. The summed E-state index contributed by atoms with van der Waals surface area (Å²) < 4.78 is 12.8. The van der Waals surface area contributed by atoms with Crippen molar-refractivity contribution in [3.05, 3.63) is 118 Å². The molecule has 0 spiro atoms. The number of hydrogen-bond acceptors (Lipinski definition) is 9. The largest absolute Gasteiger partial charge is 0.508 e. The minimum Gasteiger partial charge on any atom is -0.508 e. The molecule has 300 valence electrons. The molecule has 3 fully saturated rings. The summed E-state index contributed by atoms with van der Waals surface area (Å²) in [5.74, 6) is 0.820. The number of rotatable bonds is 7. The summed E-state index contributed by atoms with van der Waals surface area (Å²) in [6.07, 6.45) is 4.46. The maximum Gasteiger partial charge on any atom is 0.255 e. The van der Waals surface area contributed by atoms with Crippen LogP contribution in [0.4, 0.5) is 11.4 Å². The number of aryl methyl sites for hydroxylation is 1. The summed E-state index contributed by atoms with van der Waals surface area (Å²) in [5.41, 5.74) is 8.68. The van der Waals surface area contributed by atoms with Crippen LogP contribution in [0.1, 0.15) is 82.1 Å². The van der Waals surface area contributed by atoms with Crippen molar-refractivity contribution in [2.24, 2.45) is 0 Å². The fourth-order valence-corrected chi connectivity index (χ4v) is 10.9. The first-order chi connectivity index (χ1) is 28.3. The molecule has 2 N–H and O–H groups in total. The van der Waals surface area contributed by atoms with E-state index in [1.165, 1.54) is 27.9 Å². The Kier molecular flexibility index (Phi) is 9.40. The van der Waals surface area contributed by atoms with E-state index in [1.807, 2.05) is 31.4 Å². The van der Waals surface area contributed by atoms with Gasteiger partial charge < -0.3 is 29.3 Å². The number of carbonyl (C=O) groups excluding carboxylic acids is 3. The van der Waals surface area contributed by atoms with Crippen LogP contribution in [-0.4, -0.2) is 103 Å². The van der Waals surface area contributed by atoms with E-state index in [0.717, 1.165) is 82.0 Å². The Morgan fingerprint density at radius 1 is 0.862 bits per heavy atom. The van der Waals surface area contributed by atoms with Crippen LogP contribution < -0.4 is 19.9 Å². The van der Waals surface area contributed by atoms with Gasteiger partial charge in [0, 0.05) is 75.5 Å². The highest BCUT2D eigenvalue weighted by Crippen LogP contribution is 2.48. The number of methoxy groups -OCH3 is 1. The lowest BCUT2D eigenvalue weighted by Gasteiger charge is -2.49. The second-order valence-corrected chi connectivity index (χ2v) is 17.1. The van der Waals surface area contributed by atoms with Crippen molar-refractivity contribution in [2.75, 3.05) is 62.8 Å². The van der Waals surface area contributed by atoms with Crippen molar-refractivity contribution >= 4 is 29.1 Å². The number of piperazine rings is 1. The van der Waals surface area contributed by atoms with Gasteiger partial charge >= 0.3 is 0 Å². The number of nitrogens with zero attached hydrogens (tertiary/aromatic N) is 4. The molecule has 11 heteroatoms. The lowest BCUT2D eigenvalue weighted by Crippen LogP contribution is -2.61. The molecule has 4 aromatic carbocycles. The number of benzene rings is 4. The summed E-state index contributed by atoms with van der Waals surface area (Å²) in [5, 5.41) is 12.7. The van der Waals surface area contributed by atoms with Crippen LogP contribution in [0, 0.1) is 0 Å². The number of piperidine rings is 2. The predicted molar refractivity (Wildman–Crippen MR) is 221 cm³/mol. The van der Waals surface area contributed by atoms with Crippen LogP contribution in [0.3, 0.4) is 0 Å². The SMILES string of the molecule is COC1(CN2CCN3c4ccc5c(c4OC[C@H]3C2)CN([C@H]2CCC(=O)NC2=O)C5=O)CCN(c2ccc([C@@H]3c4ccc(O)cc4CC[C@@H]3c3ccccc3)cc2)CC1. The molecular formula is C47H51N5O6. The molecule has 5 aliphatic heterocycles. The van der Waals surface area contributed by atoms with Gasteiger partial charge in [0.15, 0.2) is 0 Å². The molecule has 0 saturated carbocycles. The monoisotopic (exact) mass is 781 g/mol. The average molecular weight is 782 g/mol. The lowest BCUT2D eigenvalue weighted by molar-refractivity contribution is -0.136. The summed E-state index contributed by atoms with van der Waals surface area (Å²) in [7, 11) is 1.87. The molecule has 11 nitrogen and oxygen atoms in total. The summed E-state index contributed by atoms with van der Waals surface area (Å²) in [6.45, 7) is 6.15. The third-order valence-electron chi connectivity index (χ3n) is 14.0. The van der Waals surface area contributed by atoms with E-state index in [0.29, 0.717) is 36.8 Å². The molecule has 0 radical (unpaired) electrons. The molecular weight excluding hydrogens is 731 g/mol. The van der Waals surface area contributed by atoms with E-state index in [2.05, 4.69) is 80.7 Å². The number of ether oxygens (including phenoxy) is 2. The van der Waals surface area contributed by atoms with Crippen LogP contribution >= 0.6 is 0 Å². The van der Waals surface area contributed by atoms with Crippen LogP contribution in [0.5, 0.6) is 11.5 Å². The number of carbonyl (C=O) groups is 3. The smallest absolute Gasteiger partial charge is 0.255 e. The minimum atomic E-state index is -0.649. The minimum absolute atomic E-state index is 0.179. The predicted octanol–water partition coefficient (Wildman–Crippen LogP) is 5.58. The first kappa shape index (κ1) is 36.9. The molecule has 3 saturated heterocycles. The first-order valence-corrected chi connectivity index (χ1v) is 21.0. The highest BCUT2D eigenvalue weighted by molar-refractivity contribution is 6.06. The van der Waals surface area contributed by atoms with E-state index < -0.39 is 11.9 Å². The van der Waals surface area contributed by atoms with Crippen molar-refractivity contribution in [2.45, 2.75) is 74.6 Å². The Bertz CT molecular complexity index is 2240. The molecule has 4 atom stereocenters. The van der Waals surface area contributed by atoms with Crippen LogP contribution in [-0.2, 0) is 27.3 Å². The molecule has 3 amide bonds. The summed E-state index contributed by atoms with van der Waals surface area (Å²) in [6, 6.07) is 29.4. The molecule has 0 unspecified atom stereocenters. The van der Waals surface area contributed by atoms with Crippen molar-refractivity contribution in [3.8, 4) is 11.5 Å². The van der Waals surface area contributed by atoms with Crippen LogP contribution in [0.15, 0.2) is 84.9 Å². The fourth-order valence-electron chi connectivity index (χ4n) is 10.9. The standard InChI is InChI=1S/C47H51N5O6/c1-57-47(29-49-23-24-51-34(26-49)28-58-44-39-27-52(41-17-18-42(54)48-45(41)55)46(56)38(39)15-16-40(44)51)19-21-50(22-20-47)33-10-7-31(8-11-33)43-36(30-5-3-2-4-6-30)13-9-32-25-35(53)12-14-37(32)43/h2-8,10-12,14-16,25,34,36,41,43,53H,9,13,17-24,26-29H2,1H3,(H,48,54,55)/t34-,36-,41+,43+/m1/s1. The van der Waals surface area contributed by atoms with E-state index in [9.17, 15) is 19.5 Å². The van der Waals surface area contributed by atoms with Crippen molar-refractivity contribution < 1.29 is 29.0 Å². The Morgan fingerprint density at radius 3 is 2.45 bits per heavy atom. The highest BCUT2D eigenvalue weighted by Gasteiger charge is 2.44. The van der Waals surface area contributed by atoms with E-state index >= 15 is 0 Å². The Hall–Kier alpha value is -5.39. The molecule has 58 heavy (non-hydrogen) atoms. The van der Waals surface area contributed by atoms with Gasteiger partial charge in [-0.3, -0.25) is 24.6 Å². The lowest BCUT2D eigenvalue weighted by atomic mass is 9.69. The number of amides is 3. The molecule has 1 aliphatic carbocycles. The molecule has 0 bridgehead atoms. The Labute approximate surface area is 339 Å². The van der Waals surface area contributed by atoms with Crippen molar-refractivity contribution in [3.63, 3.8) is 0 Å².